The largest absolute Gasteiger partial charge is 0.313 e. The van der Waals surface area contributed by atoms with E-state index in [1.807, 2.05) is 37.3 Å². The van der Waals surface area contributed by atoms with Gasteiger partial charge in [0.2, 0.25) is 0 Å². The fourth-order valence-corrected chi connectivity index (χ4v) is 3.00. The molecule has 0 saturated heterocycles. The average Bonchev–Trinajstić information content (AvgIpc) is 2.46. The Kier molecular flexibility index (Phi) is 5.89. The van der Waals surface area contributed by atoms with Gasteiger partial charge in [0, 0.05) is 27.8 Å². The molecule has 106 valence electrons. The van der Waals surface area contributed by atoms with Crippen LogP contribution in [0, 0.1) is 5.82 Å². The summed E-state index contributed by atoms with van der Waals surface area (Å²) in [5, 5.41) is 3.91. The van der Waals surface area contributed by atoms with Gasteiger partial charge in [0.15, 0.2) is 0 Å². The van der Waals surface area contributed by atoms with E-state index in [1.165, 1.54) is 11.6 Å². The summed E-state index contributed by atoms with van der Waals surface area (Å²) in [6.45, 7) is 3.41. The van der Waals surface area contributed by atoms with Crippen molar-refractivity contribution >= 4 is 23.4 Å². The summed E-state index contributed by atoms with van der Waals surface area (Å²) in [7, 11) is 0. The van der Waals surface area contributed by atoms with E-state index in [0.29, 0.717) is 6.54 Å². The van der Waals surface area contributed by atoms with Gasteiger partial charge >= 0.3 is 0 Å². The molecule has 2 rings (SSSR count). The van der Waals surface area contributed by atoms with Crippen molar-refractivity contribution in [2.45, 2.75) is 24.1 Å². The minimum absolute atomic E-state index is 0.146. The molecular formula is C16H17ClFNS. The van der Waals surface area contributed by atoms with Gasteiger partial charge in [-0.05, 0) is 36.4 Å². The molecule has 0 aliphatic rings. The van der Waals surface area contributed by atoms with Gasteiger partial charge in [-0.1, -0.05) is 36.7 Å². The van der Waals surface area contributed by atoms with Gasteiger partial charge in [-0.2, -0.15) is 0 Å². The fourth-order valence-electron chi connectivity index (χ4n) is 1.84. The standard InChI is InChI=1S/C16H17ClFNS/c1-2-19-10-14-15(18)4-3-5-16(14)20-11-12-6-8-13(17)9-7-12/h3-9,19H,2,10-11H2,1H3. The molecule has 0 spiro atoms. The minimum Gasteiger partial charge on any atom is -0.313 e. The second kappa shape index (κ2) is 7.67. The van der Waals surface area contributed by atoms with Gasteiger partial charge in [0.25, 0.3) is 0 Å². The van der Waals surface area contributed by atoms with Crippen molar-refractivity contribution in [1.29, 1.82) is 0 Å². The Bertz CT molecular complexity index is 557. The number of nitrogens with one attached hydrogen (secondary N) is 1. The number of rotatable bonds is 6. The van der Waals surface area contributed by atoms with Crippen LogP contribution in [0.3, 0.4) is 0 Å². The van der Waals surface area contributed by atoms with E-state index in [2.05, 4.69) is 5.32 Å². The highest BCUT2D eigenvalue weighted by Gasteiger charge is 2.08. The Morgan fingerprint density at radius 1 is 1.15 bits per heavy atom. The van der Waals surface area contributed by atoms with Gasteiger partial charge < -0.3 is 5.32 Å². The van der Waals surface area contributed by atoms with Crippen LogP contribution >= 0.6 is 23.4 Å². The Labute approximate surface area is 128 Å². The molecule has 1 nitrogen and oxygen atoms in total. The van der Waals surface area contributed by atoms with Gasteiger partial charge in [0.1, 0.15) is 5.82 Å². The molecule has 0 radical (unpaired) electrons. The quantitative estimate of drug-likeness (QED) is 0.763. The van der Waals surface area contributed by atoms with Crippen LogP contribution in [-0.4, -0.2) is 6.54 Å². The van der Waals surface area contributed by atoms with Crippen molar-refractivity contribution in [2.24, 2.45) is 0 Å². The summed E-state index contributed by atoms with van der Waals surface area (Å²) in [5.74, 6) is 0.659. The second-order valence-corrected chi connectivity index (χ2v) is 5.87. The minimum atomic E-state index is -0.146. The Morgan fingerprint density at radius 2 is 1.90 bits per heavy atom. The van der Waals surface area contributed by atoms with E-state index in [1.54, 1.807) is 17.8 Å². The Balaban J connectivity index is 2.08. The van der Waals surface area contributed by atoms with Gasteiger partial charge in [0.05, 0.1) is 0 Å². The lowest BCUT2D eigenvalue weighted by Gasteiger charge is -2.11. The predicted octanol–water partition coefficient (Wildman–Crippen LogP) is 4.88. The first-order valence-electron chi connectivity index (χ1n) is 6.56. The van der Waals surface area contributed by atoms with Crippen molar-refractivity contribution in [3.05, 3.63) is 64.4 Å². The second-order valence-electron chi connectivity index (χ2n) is 4.41. The van der Waals surface area contributed by atoms with Crippen LogP contribution in [0.4, 0.5) is 4.39 Å². The van der Waals surface area contributed by atoms with Crippen LogP contribution in [0.5, 0.6) is 0 Å². The van der Waals surface area contributed by atoms with Gasteiger partial charge in [-0.3, -0.25) is 0 Å². The Morgan fingerprint density at radius 3 is 2.60 bits per heavy atom. The molecule has 0 saturated carbocycles. The number of thioether (sulfide) groups is 1. The molecule has 20 heavy (non-hydrogen) atoms. The van der Waals surface area contributed by atoms with Crippen LogP contribution < -0.4 is 5.32 Å². The van der Waals surface area contributed by atoms with Gasteiger partial charge in [-0.25, -0.2) is 4.39 Å². The highest BCUT2D eigenvalue weighted by molar-refractivity contribution is 7.98. The third-order valence-corrected chi connectivity index (χ3v) is 4.36. The molecule has 0 atom stereocenters. The molecule has 0 aliphatic heterocycles. The third-order valence-electron chi connectivity index (χ3n) is 2.94. The molecule has 0 fully saturated rings. The molecule has 0 amide bonds. The molecule has 0 aliphatic carbocycles. The zero-order valence-corrected chi connectivity index (χ0v) is 12.9. The van der Waals surface area contributed by atoms with Crippen molar-refractivity contribution in [1.82, 2.24) is 5.32 Å². The summed E-state index contributed by atoms with van der Waals surface area (Å²) in [6, 6.07) is 13.0. The van der Waals surface area contributed by atoms with Crippen molar-refractivity contribution in [3.63, 3.8) is 0 Å². The number of halogens is 2. The molecule has 0 unspecified atom stereocenters. The fraction of sp³-hybridized carbons (Fsp3) is 0.250. The molecule has 0 aromatic heterocycles. The van der Waals surface area contributed by atoms with E-state index in [9.17, 15) is 4.39 Å². The monoisotopic (exact) mass is 309 g/mol. The molecule has 4 heteroatoms. The van der Waals surface area contributed by atoms with E-state index in [-0.39, 0.29) is 5.82 Å². The smallest absolute Gasteiger partial charge is 0.128 e. The molecule has 2 aromatic rings. The zero-order valence-electron chi connectivity index (χ0n) is 11.3. The highest BCUT2D eigenvalue weighted by atomic mass is 35.5. The maximum absolute atomic E-state index is 13.9. The maximum atomic E-state index is 13.9. The van der Waals surface area contributed by atoms with Crippen LogP contribution in [-0.2, 0) is 12.3 Å². The van der Waals surface area contributed by atoms with Crippen LogP contribution in [0.2, 0.25) is 5.02 Å². The van der Waals surface area contributed by atoms with Crippen LogP contribution in [0.25, 0.3) is 0 Å². The normalized spacial score (nSPS) is 10.8. The zero-order chi connectivity index (χ0) is 14.4. The summed E-state index contributed by atoms with van der Waals surface area (Å²) >= 11 is 7.51. The molecule has 0 bridgehead atoms. The summed E-state index contributed by atoms with van der Waals surface area (Å²) in [5.41, 5.74) is 1.92. The average molecular weight is 310 g/mol. The number of hydrogen-bond donors (Lipinski definition) is 1. The van der Waals surface area contributed by atoms with E-state index >= 15 is 0 Å². The first-order valence-corrected chi connectivity index (χ1v) is 7.92. The SMILES string of the molecule is CCNCc1c(F)cccc1SCc1ccc(Cl)cc1. The summed E-state index contributed by atoms with van der Waals surface area (Å²) in [6.07, 6.45) is 0. The third kappa shape index (κ3) is 4.23. The lowest BCUT2D eigenvalue weighted by Crippen LogP contribution is -2.13. The maximum Gasteiger partial charge on any atom is 0.128 e. The van der Waals surface area contributed by atoms with E-state index in [4.69, 9.17) is 11.6 Å². The first-order chi connectivity index (χ1) is 9.70. The highest BCUT2D eigenvalue weighted by Crippen LogP contribution is 2.28. The molecule has 2 aromatic carbocycles. The van der Waals surface area contributed by atoms with E-state index in [0.717, 1.165) is 27.8 Å². The lowest BCUT2D eigenvalue weighted by atomic mass is 10.2. The summed E-state index contributed by atoms with van der Waals surface area (Å²) < 4.78 is 13.9. The molecular weight excluding hydrogens is 293 g/mol. The van der Waals surface area contributed by atoms with Crippen molar-refractivity contribution < 1.29 is 4.39 Å². The van der Waals surface area contributed by atoms with Gasteiger partial charge in [-0.15, -0.1) is 11.8 Å². The van der Waals surface area contributed by atoms with Crippen molar-refractivity contribution in [3.8, 4) is 0 Å². The van der Waals surface area contributed by atoms with E-state index < -0.39 is 0 Å². The lowest BCUT2D eigenvalue weighted by molar-refractivity contribution is 0.586. The number of hydrogen-bond acceptors (Lipinski definition) is 2. The van der Waals surface area contributed by atoms with Crippen LogP contribution in [0.1, 0.15) is 18.1 Å². The first kappa shape index (κ1) is 15.4. The predicted molar refractivity (Wildman–Crippen MR) is 84.8 cm³/mol. The topological polar surface area (TPSA) is 12.0 Å². The Hall–Kier alpha value is -1.03. The molecule has 0 heterocycles. The molecule has 1 N–H and O–H groups in total. The van der Waals surface area contributed by atoms with Crippen LogP contribution in [0.15, 0.2) is 47.4 Å². The number of benzene rings is 2. The van der Waals surface area contributed by atoms with Crippen molar-refractivity contribution in [2.75, 3.05) is 6.54 Å². The summed E-state index contributed by atoms with van der Waals surface area (Å²) in [4.78, 5) is 0.987.